The van der Waals surface area contributed by atoms with Crippen molar-refractivity contribution < 1.29 is 32.9 Å². The summed E-state index contributed by atoms with van der Waals surface area (Å²) in [5, 5.41) is 35.8. The van der Waals surface area contributed by atoms with Gasteiger partial charge in [-0.3, -0.25) is 4.90 Å². The number of thiophene rings is 1. The van der Waals surface area contributed by atoms with Gasteiger partial charge in [-0.15, -0.1) is 11.3 Å². The van der Waals surface area contributed by atoms with Gasteiger partial charge in [0.15, 0.2) is 0 Å². The Labute approximate surface area is 263 Å². The van der Waals surface area contributed by atoms with Crippen LogP contribution in [0.2, 0.25) is 0 Å². The van der Waals surface area contributed by atoms with Crippen molar-refractivity contribution in [3.63, 3.8) is 0 Å². The van der Waals surface area contributed by atoms with E-state index in [4.69, 9.17) is 9.47 Å². The molecule has 1 saturated heterocycles. The molecule has 3 N–H and O–H groups in total. The largest absolute Gasteiger partial charge is 0.393 e. The summed E-state index contributed by atoms with van der Waals surface area (Å²) in [4.78, 5) is 11.6. The quantitative estimate of drug-likeness (QED) is 0.181. The number of aromatic nitrogens is 3. The molecule has 1 unspecified atom stereocenters. The highest BCUT2D eigenvalue weighted by molar-refractivity contribution is 7.18. The molecule has 3 aromatic heterocycles. The topological polar surface area (TPSA) is 129 Å². The molecule has 242 valence electrons. The lowest BCUT2D eigenvalue weighted by molar-refractivity contribution is -0.126. The molecule has 1 aliphatic heterocycles. The van der Waals surface area contributed by atoms with Crippen LogP contribution < -0.4 is 5.32 Å². The Kier molecular flexibility index (Phi) is 10.3. The molecule has 1 atom stereocenters. The summed E-state index contributed by atoms with van der Waals surface area (Å²) in [6.07, 6.45) is -2.18. The third-order valence-electron chi connectivity index (χ3n) is 8.21. The number of hydrogen-bond acceptors (Lipinski definition) is 10. The van der Waals surface area contributed by atoms with Crippen molar-refractivity contribution in [2.45, 2.75) is 57.1 Å². The van der Waals surface area contributed by atoms with Crippen LogP contribution in [0.4, 0.5) is 19.0 Å². The van der Waals surface area contributed by atoms with E-state index in [1.807, 2.05) is 25.1 Å². The van der Waals surface area contributed by atoms with E-state index in [0.29, 0.717) is 28.3 Å². The Morgan fingerprint density at radius 2 is 1.93 bits per heavy atom. The summed E-state index contributed by atoms with van der Waals surface area (Å²) >= 11 is 1.04. The van der Waals surface area contributed by atoms with Crippen molar-refractivity contribution in [1.82, 2.24) is 19.4 Å². The number of benzene rings is 1. The summed E-state index contributed by atoms with van der Waals surface area (Å²) in [6, 6.07) is 9.69. The van der Waals surface area contributed by atoms with Gasteiger partial charge in [0.25, 0.3) is 0 Å². The molecule has 1 aliphatic rings. The van der Waals surface area contributed by atoms with Gasteiger partial charge in [0.1, 0.15) is 34.3 Å². The van der Waals surface area contributed by atoms with Crippen LogP contribution >= 0.6 is 11.3 Å². The molecule has 0 bridgehead atoms. The Balaban J connectivity index is 1.23. The van der Waals surface area contributed by atoms with Crippen LogP contribution in [0.3, 0.4) is 0 Å². The van der Waals surface area contributed by atoms with Crippen molar-refractivity contribution >= 4 is 38.3 Å². The number of fused-ring (bicyclic) bond motifs is 2. The second-order valence-electron chi connectivity index (χ2n) is 11.6. The van der Waals surface area contributed by atoms with Crippen LogP contribution in [0, 0.1) is 18.3 Å². The minimum atomic E-state index is -4.27. The molecule has 14 heteroatoms. The molecule has 1 fully saturated rings. The van der Waals surface area contributed by atoms with Crippen LogP contribution in [0.15, 0.2) is 30.6 Å². The van der Waals surface area contributed by atoms with E-state index >= 15 is 0 Å². The fourth-order valence-corrected chi connectivity index (χ4v) is 6.80. The number of aliphatic hydroxyl groups excluding tert-OH is 1. The minimum Gasteiger partial charge on any atom is -0.393 e. The molecule has 0 aliphatic carbocycles. The molecule has 0 radical (unpaired) electrons. The zero-order valence-electron chi connectivity index (χ0n) is 25.2. The van der Waals surface area contributed by atoms with E-state index in [9.17, 15) is 28.6 Å². The zero-order chi connectivity index (χ0) is 32.2. The Hall–Kier alpha value is -3.32. The average Bonchev–Trinajstić information content (AvgIpc) is 3.58. The van der Waals surface area contributed by atoms with Crippen molar-refractivity contribution in [3.05, 3.63) is 52.3 Å². The number of nitrogens with zero attached hydrogens (tertiary/aromatic N) is 5. The average molecular weight is 647 g/mol. The lowest BCUT2D eigenvalue weighted by Gasteiger charge is -2.33. The maximum absolute atomic E-state index is 12.9. The number of aryl methyl sites for hydroxylation is 1. The summed E-state index contributed by atoms with van der Waals surface area (Å²) < 4.78 is 50.9. The maximum atomic E-state index is 12.9. The van der Waals surface area contributed by atoms with Crippen molar-refractivity contribution in [2.24, 2.45) is 0 Å². The number of ether oxygens (including phenoxy) is 2. The number of rotatable bonds is 13. The first-order chi connectivity index (χ1) is 21.5. The van der Waals surface area contributed by atoms with Gasteiger partial charge in [0.05, 0.1) is 44.8 Å². The molecular weight excluding hydrogens is 609 g/mol. The summed E-state index contributed by atoms with van der Waals surface area (Å²) in [5.41, 5.74) is 1.78. The fourth-order valence-electron chi connectivity index (χ4n) is 5.77. The highest BCUT2D eigenvalue weighted by Crippen LogP contribution is 2.33. The summed E-state index contributed by atoms with van der Waals surface area (Å²) in [6.45, 7) is 4.40. The molecule has 0 amide bonds. The highest BCUT2D eigenvalue weighted by Gasteiger charge is 2.31. The molecule has 1 aromatic carbocycles. The van der Waals surface area contributed by atoms with Crippen LogP contribution in [-0.2, 0) is 29.0 Å². The SMILES string of the molecule is COCCOCC(O)(CO)Cn1c(C#N)cc2c(C)c(CN3CCC(Nc4ncnc5sc(CC(F)(F)F)cc45)CC3)ccc21. The first kappa shape index (κ1) is 33.1. The second-order valence-corrected chi connectivity index (χ2v) is 12.7. The normalized spacial score (nSPS) is 16.3. The van der Waals surface area contributed by atoms with Gasteiger partial charge in [0.2, 0.25) is 0 Å². The van der Waals surface area contributed by atoms with Crippen LogP contribution in [0.1, 0.15) is 34.5 Å². The molecule has 5 rings (SSSR count). The molecule has 4 heterocycles. The number of likely N-dealkylation sites (tertiary alicyclic amines) is 1. The third kappa shape index (κ3) is 7.92. The van der Waals surface area contributed by atoms with E-state index in [1.165, 1.54) is 12.4 Å². The Morgan fingerprint density at radius 3 is 2.62 bits per heavy atom. The predicted octanol–water partition coefficient (Wildman–Crippen LogP) is 4.39. The lowest BCUT2D eigenvalue weighted by Crippen LogP contribution is -2.43. The predicted molar refractivity (Wildman–Crippen MR) is 165 cm³/mol. The number of halogens is 3. The highest BCUT2D eigenvalue weighted by atomic mass is 32.1. The zero-order valence-corrected chi connectivity index (χ0v) is 26.0. The van der Waals surface area contributed by atoms with Gasteiger partial charge in [0, 0.05) is 48.6 Å². The van der Waals surface area contributed by atoms with Gasteiger partial charge in [-0.2, -0.15) is 18.4 Å². The van der Waals surface area contributed by atoms with Crippen molar-refractivity contribution in [2.75, 3.05) is 51.9 Å². The Morgan fingerprint density at radius 1 is 1.16 bits per heavy atom. The first-order valence-corrected chi connectivity index (χ1v) is 15.5. The van der Waals surface area contributed by atoms with Gasteiger partial charge in [-0.1, -0.05) is 6.07 Å². The lowest BCUT2D eigenvalue weighted by atomic mass is 10.0. The van der Waals surface area contributed by atoms with E-state index in [2.05, 4.69) is 26.3 Å². The molecule has 4 aromatic rings. The molecule has 0 saturated carbocycles. The Bertz CT molecular complexity index is 1660. The number of anilines is 1. The molecule has 10 nitrogen and oxygen atoms in total. The van der Waals surface area contributed by atoms with Gasteiger partial charge < -0.3 is 29.6 Å². The van der Waals surface area contributed by atoms with Crippen LogP contribution in [0.5, 0.6) is 0 Å². The standard InChI is InChI=1S/C31H37F3N6O4S/c1-20-21(3-4-27-25(20)11-23(14-35)40(27)16-30(42,17-41)18-44-10-9-43-2)15-39-7-5-22(6-8-39)38-28-26-12-24(13-31(32,33)34)45-29(26)37-19-36-28/h3-4,11-12,19,22,41-42H,5-10,13,15-18H2,1-2H3,(H,36,37,38). The molecular formula is C31H37F3N6O4S. The van der Waals surface area contributed by atoms with E-state index in [0.717, 1.165) is 65.8 Å². The first-order valence-electron chi connectivity index (χ1n) is 14.7. The fraction of sp³-hybridized carbons (Fsp3) is 0.516. The van der Waals surface area contributed by atoms with E-state index < -0.39 is 24.8 Å². The van der Waals surface area contributed by atoms with Crippen LogP contribution in [-0.4, -0.2) is 94.1 Å². The summed E-state index contributed by atoms with van der Waals surface area (Å²) in [5.74, 6) is 0.567. The van der Waals surface area contributed by atoms with Gasteiger partial charge >= 0.3 is 6.18 Å². The second kappa shape index (κ2) is 14.0. The minimum absolute atomic E-state index is 0.00413. The van der Waals surface area contributed by atoms with Crippen molar-refractivity contribution in [1.29, 1.82) is 5.26 Å². The number of nitrogens with one attached hydrogen (secondary N) is 1. The number of aliphatic hydroxyl groups is 2. The van der Waals surface area contributed by atoms with Gasteiger partial charge in [-0.25, -0.2) is 9.97 Å². The number of nitriles is 1. The molecule has 0 spiro atoms. The third-order valence-corrected chi connectivity index (χ3v) is 9.25. The van der Waals surface area contributed by atoms with Gasteiger partial charge in [-0.05, 0) is 49.1 Å². The van der Waals surface area contributed by atoms with Crippen molar-refractivity contribution in [3.8, 4) is 6.07 Å². The van der Waals surface area contributed by atoms with E-state index in [1.54, 1.807) is 11.7 Å². The number of alkyl halides is 3. The van der Waals surface area contributed by atoms with Crippen LogP contribution in [0.25, 0.3) is 21.1 Å². The monoisotopic (exact) mass is 646 g/mol. The number of piperidine rings is 1. The number of hydrogen-bond donors (Lipinski definition) is 3. The van der Waals surface area contributed by atoms with E-state index in [-0.39, 0.29) is 30.7 Å². The maximum Gasteiger partial charge on any atom is 0.393 e. The smallest absolute Gasteiger partial charge is 0.393 e. The molecule has 45 heavy (non-hydrogen) atoms. The summed E-state index contributed by atoms with van der Waals surface area (Å²) in [7, 11) is 1.55. The number of methoxy groups -OCH3 is 1.